The minimum atomic E-state index is -1.02. The Kier molecular flexibility index (Phi) is 4.55. The number of nitrogens with zero attached hydrogens (tertiary/aromatic N) is 1. The van der Waals surface area contributed by atoms with Crippen LogP contribution in [0.4, 0.5) is 0 Å². The van der Waals surface area contributed by atoms with Gasteiger partial charge in [0.25, 0.3) is 0 Å². The number of halogens is 2. The van der Waals surface area contributed by atoms with Crippen molar-refractivity contribution in [1.82, 2.24) is 4.98 Å². The van der Waals surface area contributed by atoms with Gasteiger partial charge in [0.2, 0.25) is 0 Å². The third-order valence-electron chi connectivity index (χ3n) is 2.33. The van der Waals surface area contributed by atoms with Gasteiger partial charge in [-0.1, -0.05) is 15.9 Å². The number of hydrogen-bond donors (Lipinski definition) is 1. The molecule has 0 saturated carbocycles. The molecule has 0 amide bonds. The summed E-state index contributed by atoms with van der Waals surface area (Å²) in [6.07, 6.45) is 3.34. The first-order valence-corrected chi connectivity index (χ1v) is 6.90. The zero-order valence-corrected chi connectivity index (χ0v) is 12.8. The third kappa shape index (κ3) is 3.78. The lowest BCUT2D eigenvalue weighted by molar-refractivity contribution is 0.0691. The van der Waals surface area contributed by atoms with Crippen LogP contribution in [0.25, 0.3) is 0 Å². The molecule has 0 aliphatic rings. The first-order chi connectivity index (χ1) is 9.06. The Bertz CT molecular complexity index is 617. The molecule has 2 aromatic rings. The Morgan fingerprint density at radius 1 is 1.21 bits per heavy atom. The second kappa shape index (κ2) is 6.16. The van der Waals surface area contributed by atoms with Crippen molar-refractivity contribution in [2.45, 2.75) is 6.61 Å². The number of carboxylic acid groups (broad SMARTS) is 1. The van der Waals surface area contributed by atoms with E-state index in [2.05, 4.69) is 36.8 Å². The van der Waals surface area contributed by atoms with Crippen LogP contribution in [-0.2, 0) is 6.61 Å². The molecule has 19 heavy (non-hydrogen) atoms. The maximum absolute atomic E-state index is 11.1. The van der Waals surface area contributed by atoms with Crippen molar-refractivity contribution in [2.24, 2.45) is 0 Å². The van der Waals surface area contributed by atoms with Gasteiger partial charge >= 0.3 is 5.97 Å². The number of carboxylic acids is 1. The van der Waals surface area contributed by atoms with Gasteiger partial charge in [-0.05, 0) is 40.2 Å². The zero-order valence-electron chi connectivity index (χ0n) is 9.64. The predicted molar refractivity (Wildman–Crippen MR) is 77.4 cm³/mol. The molecule has 0 aliphatic carbocycles. The van der Waals surface area contributed by atoms with E-state index < -0.39 is 5.97 Å². The lowest BCUT2D eigenvalue weighted by atomic mass is 10.2. The van der Waals surface area contributed by atoms with Crippen LogP contribution in [0.5, 0.6) is 5.75 Å². The maximum atomic E-state index is 11.1. The number of hydrogen-bond acceptors (Lipinski definition) is 3. The van der Waals surface area contributed by atoms with Crippen molar-refractivity contribution in [1.29, 1.82) is 0 Å². The molecule has 1 aromatic heterocycles. The summed E-state index contributed by atoms with van der Waals surface area (Å²) in [5, 5.41) is 9.11. The summed E-state index contributed by atoms with van der Waals surface area (Å²) < 4.78 is 7.08. The van der Waals surface area contributed by atoms with Gasteiger partial charge in [0, 0.05) is 26.9 Å². The largest absolute Gasteiger partial charge is 0.488 e. The summed E-state index contributed by atoms with van der Waals surface area (Å²) >= 11 is 6.55. The van der Waals surface area contributed by atoms with E-state index in [4.69, 9.17) is 9.84 Å². The molecule has 0 fully saturated rings. The van der Waals surface area contributed by atoms with E-state index in [9.17, 15) is 4.79 Å². The number of rotatable bonds is 4. The van der Waals surface area contributed by atoms with Gasteiger partial charge in [-0.2, -0.15) is 0 Å². The fourth-order valence-corrected chi connectivity index (χ4v) is 2.26. The van der Waals surface area contributed by atoms with Gasteiger partial charge in [-0.25, -0.2) is 4.79 Å². The Morgan fingerprint density at radius 2 is 2.00 bits per heavy atom. The van der Waals surface area contributed by atoms with Crippen LogP contribution >= 0.6 is 31.9 Å². The van der Waals surface area contributed by atoms with E-state index in [0.717, 1.165) is 10.0 Å². The van der Waals surface area contributed by atoms with Crippen LogP contribution in [0.15, 0.2) is 45.6 Å². The first kappa shape index (κ1) is 14.0. The van der Waals surface area contributed by atoms with Gasteiger partial charge in [0.15, 0.2) is 0 Å². The molecule has 0 aliphatic heterocycles. The predicted octanol–water partition coefficient (Wildman–Crippen LogP) is 3.88. The highest BCUT2D eigenvalue weighted by Gasteiger charge is 2.12. The molecule has 2 rings (SSSR count). The summed E-state index contributed by atoms with van der Waals surface area (Å²) in [7, 11) is 0. The van der Waals surface area contributed by atoms with Gasteiger partial charge in [-0.3, -0.25) is 4.98 Å². The molecule has 4 nitrogen and oxygen atoms in total. The summed E-state index contributed by atoms with van der Waals surface area (Å²) in [6.45, 7) is 0.258. The Labute approximate surface area is 126 Å². The van der Waals surface area contributed by atoms with Crippen molar-refractivity contribution < 1.29 is 14.6 Å². The average molecular weight is 387 g/mol. The molecule has 0 saturated heterocycles. The lowest BCUT2D eigenvalue weighted by Gasteiger charge is -2.09. The van der Waals surface area contributed by atoms with Crippen LogP contribution < -0.4 is 4.74 Å². The van der Waals surface area contributed by atoms with E-state index in [0.29, 0.717) is 10.2 Å². The average Bonchev–Trinajstić information content (AvgIpc) is 2.37. The van der Waals surface area contributed by atoms with Crippen LogP contribution in [0, 0.1) is 0 Å². The molecule has 98 valence electrons. The highest BCUT2D eigenvalue weighted by atomic mass is 79.9. The van der Waals surface area contributed by atoms with Crippen molar-refractivity contribution in [2.75, 3.05) is 0 Å². The van der Waals surface area contributed by atoms with Gasteiger partial charge < -0.3 is 9.84 Å². The van der Waals surface area contributed by atoms with E-state index in [1.54, 1.807) is 24.5 Å². The summed E-state index contributed by atoms with van der Waals surface area (Å²) in [4.78, 5) is 15.1. The SMILES string of the molecule is O=C(O)c1cc(Br)ccc1OCc1cncc(Br)c1. The first-order valence-electron chi connectivity index (χ1n) is 5.31. The highest BCUT2D eigenvalue weighted by molar-refractivity contribution is 9.10. The van der Waals surface area contributed by atoms with Crippen LogP contribution in [0.1, 0.15) is 15.9 Å². The van der Waals surface area contributed by atoms with Gasteiger partial charge in [0.1, 0.15) is 17.9 Å². The number of aromatic nitrogens is 1. The van der Waals surface area contributed by atoms with Crippen LogP contribution in [0.2, 0.25) is 0 Å². The fraction of sp³-hybridized carbons (Fsp3) is 0.0769. The van der Waals surface area contributed by atoms with Crippen molar-refractivity contribution >= 4 is 37.8 Å². The smallest absolute Gasteiger partial charge is 0.339 e. The second-order valence-corrected chi connectivity index (χ2v) is 5.58. The van der Waals surface area contributed by atoms with E-state index in [-0.39, 0.29) is 12.2 Å². The number of carbonyl (C=O) groups is 1. The Hall–Kier alpha value is -1.40. The normalized spacial score (nSPS) is 10.2. The third-order valence-corrected chi connectivity index (χ3v) is 3.25. The number of pyridine rings is 1. The standard InChI is InChI=1S/C13H9Br2NO3/c14-9-1-2-12(11(4-9)13(17)18)19-7-8-3-10(15)6-16-5-8/h1-6H,7H2,(H,17,18). The number of ether oxygens (including phenoxy) is 1. The molecule has 0 unspecified atom stereocenters. The second-order valence-electron chi connectivity index (χ2n) is 3.75. The van der Waals surface area contributed by atoms with Crippen LogP contribution in [0.3, 0.4) is 0 Å². The molecule has 0 spiro atoms. The molecule has 0 radical (unpaired) electrons. The highest BCUT2D eigenvalue weighted by Crippen LogP contribution is 2.24. The topological polar surface area (TPSA) is 59.4 Å². The van der Waals surface area contributed by atoms with E-state index >= 15 is 0 Å². The van der Waals surface area contributed by atoms with Gasteiger partial charge in [0.05, 0.1) is 0 Å². The van der Waals surface area contributed by atoms with Gasteiger partial charge in [-0.15, -0.1) is 0 Å². The molecule has 0 bridgehead atoms. The van der Waals surface area contributed by atoms with Crippen molar-refractivity contribution in [3.63, 3.8) is 0 Å². The quantitative estimate of drug-likeness (QED) is 0.865. The molecule has 6 heteroatoms. The summed E-state index contributed by atoms with van der Waals surface area (Å²) in [5.41, 5.74) is 0.978. The summed E-state index contributed by atoms with van der Waals surface area (Å²) in [6, 6.07) is 6.74. The molecule has 0 atom stereocenters. The Morgan fingerprint density at radius 3 is 2.68 bits per heavy atom. The van der Waals surface area contributed by atoms with Crippen molar-refractivity contribution in [3.05, 3.63) is 56.7 Å². The van der Waals surface area contributed by atoms with E-state index in [1.165, 1.54) is 6.07 Å². The van der Waals surface area contributed by atoms with Crippen molar-refractivity contribution in [3.8, 4) is 5.75 Å². The van der Waals surface area contributed by atoms with Crippen LogP contribution in [-0.4, -0.2) is 16.1 Å². The molecular weight excluding hydrogens is 378 g/mol. The number of aromatic carboxylic acids is 1. The monoisotopic (exact) mass is 385 g/mol. The summed E-state index contributed by atoms with van der Waals surface area (Å²) in [5.74, 6) is -0.695. The Balaban J connectivity index is 2.17. The maximum Gasteiger partial charge on any atom is 0.339 e. The molecule has 1 N–H and O–H groups in total. The number of benzene rings is 1. The lowest BCUT2D eigenvalue weighted by Crippen LogP contribution is -2.03. The minimum absolute atomic E-state index is 0.123. The van der Waals surface area contributed by atoms with E-state index in [1.807, 2.05) is 6.07 Å². The minimum Gasteiger partial charge on any atom is -0.488 e. The molecular formula is C13H9Br2NO3. The molecule has 1 heterocycles. The molecule has 1 aromatic carbocycles. The zero-order chi connectivity index (χ0) is 13.8. The fourth-order valence-electron chi connectivity index (χ4n) is 1.49.